The zero-order valence-electron chi connectivity index (χ0n) is 19.4. The maximum atomic E-state index is 12.5. The van der Waals surface area contributed by atoms with Crippen LogP contribution in [0.25, 0.3) is 33.2 Å². The number of pyridine rings is 1. The van der Waals surface area contributed by atoms with Crippen molar-refractivity contribution in [3.05, 3.63) is 102 Å². The van der Waals surface area contributed by atoms with Crippen LogP contribution in [0.1, 0.15) is 34.7 Å². The molecule has 2 N–H and O–H groups in total. The van der Waals surface area contributed by atoms with Crippen LogP contribution in [-0.2, 0) is 4.74 Å². The van der Waals surface area contributed by atoms with E-state index in [1.54, 1.807) is 0 Å². The first-order valence-electron chi connectivity index (χ1n) is 11.8. The third kappa shape index (κ3) is 4.17. The zero-order chi connectivity index (χ0) is 23.8. The van der Waals surface area contributed by atoms with Gasteiger partial charge in [0.1, 0.15) is 11.4 Å². The Kier molecular flexibility index (Phi) is 5.30. The number of carbonyl (C=O) groups excluding carboxylic acids is 1. The lowest BCUT2D eigenvalue weighted by atomic mass is 9.98. The van der Waals surface area contributed by atoms with Crippen LogP contribution in [0.4, 0.5) is 11.5 Å². The molecule has 5 heteroatoms. The lowest BCUT2D eigenvalue weighted by Crippen LogP contribution is -2.08. The summed E-state index contributed by atoms with van der Waals surface area (Å²) in [4.78, 5) is 20.5. The van der Waals surface area contributed by atoms with Gasteiger partial charge >= 0.3 is 5.97 Å². The Morgan fingerprint density at radius 1 is 0.943 bits per heavy atom. The van der Waals surface area contributed by atoms with E-state index in [0.29, 0.717) is 17.3 Å². The average Bonchev–Trinajstić information content (AvgIpc) is 3.66. The van der Waals surface area contributed by atoms with Crippen molar-refractivity contribution in [3.63, 3.8) is 0 Å². The normalized spacial score (nSPS) is 13.1. The van der Waals surface area contributed by atoms with Crippen molar-refractivity contribution in [3.8, 4) is 22.3 Å². The van der Waals surface area contributed by atoms with Crippen LogP contribution >= 0.6 is 0 Å². The van der Waals surface area contributed by atoms with Crippen LogP contribution in [-0.4, -0.2) is 23.0 Å². The van der Waals surface area contributed by atoms with Gasteiger partial charge < -0.3 is 15.0 Å². The highest BCUT2D eigenvalue weighted by Crippen LogP contribution is 2.41. The summed E-state index contributed by atoms with van der Waals surface area (Å²) in [5.41, 5.74) is 8.01. The van der Waals surface area contributed by atoms with E-state index in [1.165, 1.54) is 18.2 Å². The molecular weight excluding hydrogens is 434 g/mol. The minimum absolute atomic E-state index is 0.387. The molecule has 0 amide bonds. The summed E-state index contributed by atoms with van der Waals surface area (Å²) >= 11 is 0. The first-order chi connectivity index (χ1) is 17.2. The van der Waals surface area contributed by atoms with E-state index in [0.717, 1.165) is 46.1 Å². The number of ether oxygens (including phenoxy) is 1. The van der Waals surface area contributed by atoms with Crippen LogP contribution in [0.5, 0.6) is 0 Å². The molecule has 5 aromatic rings. The van der Waals surface area contributed by atoms with Gasteiger partial charge in [0, 0.05) is 29.0 Å². The molecule has 6 rings (SSSR count). The number of aromatic amines is 1. The summed E-state index contributed by atoms with van der Waals surface area (Å²) in [5.74, 6) is 0.616. The van der Waals surface area contributed by atoms with Crippen LogP contribution in [0, 0.1) is 0 Å². The Morgan fingerprint density at radius 3 is 2.43 bits per heavy atom. The SMILES string of the molecule is COC(=O)c1cc(C2CC2)cnc1Nc1cc(-c2ccc(-c3ccccc3)cc2)c2[nH]ccc2c1. The van der Waals surface area contributed by atoms with Crippen molar-refractivity contribution >= 4 is 28.4 Å². The number of hydrogen-bond acceptors (Lipinski definition) is 4. The smallest absolute Gasteiger partial charge is 0.341 e. The Morgan fingerprint density at radius 2 is 1.69 bits per heavy atom. The second-order valence-electron chi connectivity index (χ2n) is 8.96. The van der Waals surface area contributed by atoms with Gasteiger partial charge in [-0.3, -0.25) is 0 Å². The first kappa shape index (κ1) is 21.2. The fourth-order valence-corrected chi connectivity index (χ4v) is 4.57. The molecule has 0 saturated heterocycles. The van der Waals surface area contributed by atoms with Gasteiger partial charge in [0.2, 0.25) is 0 Å². The second kappa shape index (κ2) is 8.76. The average molecular weight is 460 g/mol. The summed E-state index contributed by atoms with van der Waals surface area (Å²) in [6.45, 7) is 0. The van der Waals surface area contributed by atoms with Gasteiger partial charge in [-0.15, -0.1) is 0 Å². The lowest BCUT2D eigenvalue weighted by Gasteiger charge is -2.14. The van der Waals surface area contributed by atoms with Gasteiger partial charge in [-0.2, -0.15) is 0 Å². The van der Waals surface area contributed by atoms with Crippen molar-refractivity contribution in [1.29, 1.82) is 0 Å². The van der Waals surface area contributed by atoms with Crippen LogP contribution in [0.2, 0.25) is 0 Å². The van der Waals surface area contributed by atoms with Gasteiger partial charge in [-0.05, 0) is 65.3 Å². The van der Waals surface area contributed by atoms with Crippen molar-refractivity contribution < 1.29 is 9.53 Å². The topological polar surface area (TPSA) is 67.0 Å². The molecule has 1 saturated carbocycles. The largest absolute Gasteiger partial charge is 0.465 e. The number of H-pyrrole nitrogens is 1. The van der Waals surface area contributed by atoms with Crippen LogP contribution in [0.3, 0.4) is 0 Å². The Hall–Kier alpha value is -4.38. The molecule has 0 bridgehead atoms. The van der Waals surface area contributed by atoms with E-state index in [2.05, 4.69) is 75.9 Å². The number of nitrogens with zero attached hydrogens (tertiary/aromatic N) is 1. The number of benzene rings is 3. The predicted octanol–water partition coefficient (Wildman–Crippen LogP) is 7.30. The molecule has 0 aliphatic heterocycles. The standard InChI is InChI=1S/C30H25N3O2/c1-35-30(34)27-16-24(21-7-8-21)18-32-29(27)33-25-15-23-13-14-31-28(23)26(17-25)22-11-9-20(10-12-22)19-5-3-2-4-6-19/h2-6,9-18,21,31H,7-8H2,1H3,(H,32,33). The fraction of sp³-hybridized carbons (Fsp3) is 0.133. The molecule has 2 heterocycles. The van der Waals surface area contributed by atoms with E-state index in [1.807, 2.05) is 30.6 Å². The van der Waals surface area contributed by atoms with Gasteiger partial charge in [0.05, 0.1) is 12.6 Å². The highest BCUT2D eigenvalue weighted by molar-refractivity contribution is 5.99. The highest BCUT2D eigenvalue weighted by Gasteiger charge is 2.26. The first-order valence-corrected chi connectivity index (χ1v) is 11.8. The monoisotopic (exact) mass is 459 g/mol. The van der Waals surface area contributed by atoms with Gasteiger partial charge in [0.25, 0.3) is 0 Å². The summed E-state index contributed by atoms with van der Waals surface area (Å²) in [5, 5.41) is 4.45. The summed E-state index contributed by atoms with van der Waals surface area (Å²) in [7, 11) is 1.40. The molecule has 172 valence electrons. The van der Waals surface area contributed by atoms with Crippen molar-refractivity contribution in [2.24, 2.45) is 0 Å². The van der Waals surface area contributed by atoms with Gasteiger partial charge in [-0.25, -0.2) is 9.78 Å². The van der Waals surface area contributed by atoms with E-state index >= 15 is 0 Å². The maximum Gasteiger partial charge on any atom is 0.341 e. The maximum absolute atomic E-state index is 12.5. The van der Waals surface area contributed by atoms with Crippen LogP contribution < -0.4 is 5.32 Å². The molecule has 35 heavy (non-hydrogen) atoms. The van der Waals surface area contributed by atoms with Crippen molar-refractivity contribution in [2.45, 2.75) is 18.8 Å². The summed E-state index contributed by atoms with van der Waals surface area (Å²) in [6, 6.07) is 27.0. The number of fused-ring (bicyclic) bond motifs is 1. The van der Waals surface area contributed by atoms with E-state index in [4.69, 9.17) is 4.74 Å². The number of rotatable bonds is 6. The van der Waals surface area contributed by atoms with E-state index < -0.39 is 0 Å². The third-order valence-corrected chi connectivity index (χ3v) is 6.59. The number of methoxy groups -OCH3 is 1. The quantitative estimate of drug-likeness (QED) is 0.261. The van der Waals surface area contributed by atoms with Crippen LogP contribution in [0.15, 0.2) is 91.3 Å². The van der Waals surface area contributed by atoms with E-state index in [9.17, 15) is 4.79 Å². The highest BCUT2D eigenvalue weighted by atomic mass is 16.5. The number of nitrogens with one attached hydrogen (secondary N) is 2. The third-order valence-electron chi connectivity index (χ3n) is 6.59. The second-order valence-corrected chi connectivity index (χ2v) is 8.96. The Balaban J connectivity index is 1.38. The molecule has 1 fully saturated rings. The number of esters is 1. The summed E-state index contributed by atoms with van der Waals surface area (Å²) < 4.78 is 5.04. The number of aromatic nitrogens is 2. The summed E-state index contributed by atoms with van der Waals surface area (Å²) in [6.07, 6.45) is 6.10. The molecule has 1 aliphatic carbocycles. The molecule has 2 aromatic heterocycles. The predicted molar refractivity (Wildman–Crippen MR) is 140 cm³/mol. The van der Waals surface area contributed by atoms with Crippen molar-refractivity contribution in [1.82, 2.24) is 9.97 Å². The molecule has 0 spiro atoms. The van der Waals surface area contributed by atoms with Gasteiger partial charge in [-0.1, -0.05) is 54.6 Å². The van der Waals surface area contributed by atoms with E-state index in [-0.39, 0.29) is 5.97 Å². The molecule has 0 unspecified atom stereocenters. The minimum Gasteiger partial charge on any atom is -0.465 e. The number of hydrogen-bond donors (Lipinski definition) is 2. The fourth-order valence-electron chi connectivity index (χ4n) is 4.57. The lowest BCUT2D eigenvalue weighted by molar-refractivity contribution is 0.0601. The molecular formula is C30H25N3O2. The Bertz CT molecular complexity index is 1520. The number of carbonyl (C=O) groups is 1. The zero-order valence-corrected chi connectivity index (χ0v) is 19.4. The Labute approximate surface area is 203 Å². The molecule has 1 aliphatic rings. The minimum atomic E-state index is -0.387. The molecule has 0 atom stereocenters. The molecule has 0 radical (unpaired) electrons. The molecule has 3 aromatic carbocycles. The van der Waals surface area contributed by atoms with Gasteiger partial charge in [0.15, 0.2) is 0 Å². The van der Waals surface area contributed by atoms with Crippen molar-refractivity contribution in [2.75, 3.05) is 12.4 Å². The molecule has 5 nitrogen and oxygen atoms in total. The number of anilines is 2.